The zero-order valence-electron chi connectivity index (χ0n) is 14.8. The van der Waals surface area contributed by atoms with Crippen molar-refractivity contribution in [2.75, 3.05) is 6.54 Å². The largest absolute Gasteiger partial charge is 0.349 e. The van der Waals surface area contributed by atoms with Crippen molar-refractivity contribution in [3.63, 3.8) is 0 Å². The number of nitrogens with one attached hydrogen (secondary N) is 1. The molecule has 136 valence electrons. The minimum absolute atomic E-state index is 0.0317. The van der Waals surface area contributed by atoms with Crippen molar-refractivity contribution in [2.45, 2.75) is 44.6 Å². The first kappa shape index (κ1) is 17.0. The number of rotatable bonds is 4. The molecule has 1 saturated heterocycles. The van der Waals surface area contributed by atoms with Crippen molar-refractivity contribution >= 4 is 17.7 Å². The van der Waals surface area contributed by atoms with Crippen LogP contribution in [0.25, 0.3) is 0 Å². The van der Waals surface area contributed by atoms with Crippen molar-refractivity contribution in [3.8, 4) is 0 Å². The molecule has 0 spiro atoms. The van der Waals surface area contributed by atoms with Crippen LogP contribution >= 0.6 is 0 Å². The SMILES string of the molecule is O=C(CCN1C(=O)[C@H]2CC=CC[C@H]2C1=O)N[C@H]1CCCc2ccccc21. The summed E-state index contributed by atoms with van der Waals surface area (Å²) < 4.78 is 0. The molecule has 0 unspecified atom stereocenters. The lowest BCUT2D eigenvalue weighted by Crippen LogP contribution is -2.37. The van der Waals surface area contributed by atoms with Gasteiger partial charge in [-0.3, -0.25) is 19.3 Å². The third kappa shape index (κ3) is 3.06. The molecule has 1 N–H and O–H groups in total. The second-order valence-electron chi connectivity index (χ2n) is 7.45. The second-order valence-corrected chi connectivity index (χ2v) is 7.45. The van der Waals surface area contributed by atoms with Crippen LogP contribution in [0.5, 0.6) is 0 Å². The second kappa shape index (κ2) is 7.06. The van der Waals surface area contributed by atoms with Gasteiger partial charge in [-0.1, -0.05) is 36.4 Å². The highest BCUT2D eigenvalue weighted by atomic mass is 16.2. The van der Waals surface area contributed by atoms with Gasteiger partial charge in [-0.05, 0) is 43.2 Å². The Morgan fingerprint density at radius 3 is 2.50 bits per heavy atom. The summed E-state index contributed by atoms with van der Waals surface area (Å²) in [4.78, 5) is 38.6. The molecule has 2 aliphatic carbocycles. The number of carbonyl (C=O) groups excluding carboxylic acids is 3. The molecule has 3 amide bonds. The van der Waals surface area contributed by atoms with Crippen molar-refractivity contribution in [3.05, 3.63) is 47.5 Å². The molecule has 5 nitrogen and oxygen atoms in total. The molecule has 3 atom stereocenters. The Bertz CT molecular complexity index is 744. The molecular formula is C21H24N2O3. The van der Waals surface area contributed by atoms with E-state index in [1.54, 1.807) is 0 Å². The van der Waals surface area contributed by atoms with E-state index in [-0.39, 0.29) is 48.6 Å². The molecule has 0 saturated carbocycles. The van der Waals surface area contributed by atoms with Gasteiger partial charge in [0.15, 0.2) is 0 Å². The van der Waals surface area contributed by atoms with E-state index in [1.807, 2.05) is 24.3 Å². The lowest BCUT2D eigenvalue weighted by molar-refractivity contribution is -0.140. The normalized spacial score (nSPS) is 27.2. The summed E-state index contributed by atoms with van der Waals surface area (Å²) in [6, 6.07) is 8.25. The van der Waals surface area contributed by atoms with Crippen LogP contribution in [-0.2, 0) is 20.8 Å². The highest BCUT2D eigenvalue weighted by molar-refractivity contribution is 6.05. The standard InChI is InChI=1S/C21H24N2O3/c24-19(22-18-11-5-7-14-6-1-2-8-15(14)18)12-13-23-20(25)16-9-3-4-10-17(16)21(23)26/h1-4,6,8,16-18H,5,7,9-13H2,(H,22,24)/t16-,17+,18-/m0/s1. The van der Waals surface area contributed by atoms with Crippen LogP contribution < -0.4 is 5.32 Å². The van der Waals surface area contributed by atoms with Gasteiger partial charge in [0.05, 0.1) is 17.9 Å². The topological polar surface area (TPSA) is 66.5 Å². The van der Waals surface area contributed by atoms with Crippen LogP contribution in [-0.4, -0.2) is 29.2 Å². The molecule has 5 heteroatoms. The molecule has 3 aliphatic rings. The predicted molar refractivity (Wildman–Crippen MR) is 97.0 cm³/mol. The minimum Gasteiger partial charge on any atom is -0.349 e. The van der Waals surface area contributed by atoms with Crippen LogP contribution in [0, 0.1) is 11.8 Å². The van der Waals surface area contributed by atoms with E-state index in [0.717, 1.165) is 19.3 Å². The number of aryl methyl sites for hydroxylation is 1. The Labute approximate surface area is 153 Å². The van der Waals surface area contributed by atoms with Gasteiger partial charge in [0, 0.05) is 13.0 Å². The molecule has 26 heavy (non-hydrogen) atoms. The Morgan fingerprint density at radius 2 is 1.77 bits per heavy atom. The van der Waals surface area contributed by atoms with Gasteiger partial charge in [-0.25, -0.2) is 0 Å². The summed E-state index contributed by atoms with van der Waals surface area (Å²) in [7, 11) is 0. The summed E-state index contributed by atoms with van der Waals surface area (Å²) >= 11 is 0. The molecule has 4 rings (SSSR count). The number of imide groups is 1. The number of likely N-dealkylation sites (tertiary alicyclic amines) is 1. The Morgan fingerprint density at radius 1 is 1.08 bits per heavy atom. The van der Waals surface area contributed by atoms with Gasteiger partial charge in [0.25, 0.3) is 0 Å². The number of amides is 3. The van der Waals surface area contributed by atoms with Crippen LogP contribution in [0.4, 0.5) is 0 Å². The fourth-order valence-electron chi connectivity index (χ4n) is 4.47. The van der Waals surface area contributed by atoms with Gasteiger partial charge < -0.3 is 5.32 Å². The molecule has 1 fully saturated rings. The van der Waals surface area contributed by atoms with E-state index >= 15 is 0 Å². The Kier molecular flexibility index (Phi) is 4.62. The maximum atomic E-state index is 12.5. The number of nitrogens with zero attached hydrogens (tertiary/aromatic N) is 1. The van der Waals surface area contributed by atoms with Gasteiger partial charge in [-0.15, -0.1) is 0 Å². The van der Waals surface area contributed by atoms with Crippen LogP contribution in [0.3, 0.4) is 0 Å². The predicted octanol–water partition coefficient (Wildman–Crippen LogP) is 2.52. The highest BCUT2D eigenvalue weighted by Gasteiger charge is 2.46. The highest BCUT2D eigenvalue weighted by Crippen LogP contribution is 2.35. The zero-order chi connectivity index (χ0) is 18.1. The molecule has 1 aromatic carbocycles. The fourth-order valence-corrected chi connectivity index (χ4v) is 4.47. The van der Waals surface area contributed by atoms with Crippen LogP contribution in [0.1, 0.15) is 49.3 Å². The van der Waals surface area contributed by atoms with E-state index < -0.39 is 0 Å². The minimum atomic E-state index is -0.221. The first-order valence-electron chi connectivity index (χ1n) is 9.52. The lowest BCUT2D eigenvalue weighted by atomic mass is 9.85. The summed E-state index contributed by atoms with van der Waals surface area (Å²) in [5.41, 5.74) is 2.49. The molecule has 1 aliphatic heterocycles. The van der Waals surface area contributed by atoms with Gasteiger partial charge in [0.2, 0.25) is 17.7 Å². The van der Waals surface area contributed by atoms with Gasteiger partial charge in [0.1, 0.15) is 0 Å². The summed E-state index contributed by atoms with van der Waals surface area (Å²) in [6.45, 7) is 0.185. The quantitative estimate of drug-likeness (QED) is 0.669. The zero-order valence-corrected chi connectivity index (χ0v) is 14.8. The molecule has 0 radical (unpaired) electrons. The fraction of sp³-hybridized carbons (Fsp3) is 0.476. The van der Waals surface area contributed by atoms with Gasteiger partial charge in [-0.2, -0.15) is 0 Å². The monoisotopic (exact) mass is 352 g/mol. The molecule has 1 aromatic rings. The maximum absolute atomic E-state index is 12.5. The molecule has 1 heterocycles. The van der Waals surface area contributed by atoms with E-state index in [4.69, 9.17) is 0 Å². The van der Waals surface area contributed by atoms with Crippen molar-refractivity contribution < 1.29 is 14.4 Å². The number of carbonyl (C=O) groups is 3. The maximum Gasteiger partial charge on any atom is 0.233 e. The molecule has 0 bridgehead atoms. The number of allylic oxidation sites excluding steroid dienone is 2. The Balaban J connectivity index is 1.35. The van der Waals surface area contributed by atoms with Crippen molar-refractivity contribution in [2.24, 2.45) is 11.8 Å². The number of hydrogen-bond acceptors (Lipinski definition) is 3. The number of benzene rings is 1. The average molecular weight is 352 g/mol. The third-order valence-corrected chi connectivity index (χ3v) is 5.87. The van der Waals surface area contributed by atoms with E-state index in [9.17, 15) is 14.4 Å². The smallest absolute Gasteiger partial charge is 0.233 e. The van der Waals surface area contributed by atoms with Crippen molar-refractivity contribution in [1.29, 1.82) is 0 Å². The summed E-state index contributed by atoms with van der Waals surface area (Å²) in [5, 5.41) is 3.09. The van der Waals surface area contributed by atoms with Crippen LogP contribution in [0.15, 0.2) is 36.4 Å². The van der Waals surface area contributed by atoms with Crippen LogP contribution in [0.2, 0.25) is 0 Å². The van der Waals surface area contributed by atoms with Gasteiger partial charge >= 0.3 is 0 Å². The molecule has 0 aromatic heterocycles. The summed E-state index contributed by atoms with van der Waals surface area (Å²) in [5.74, 6) is -0.762. The first-order valence-corrected chi connectivity index (χ1v) is 9.52. The Hall–Kier alpha value is -2.43. The third-order valence-electron chi connectivity index (χ3n) is 5.87. The number of hydrogen-bond donors (Lipinski definition) is 1. The molecular weight excluding hydrogens is 328 g/mol. The van der Waals surface area contributed by atoms with E-state index in [1.165, 1.54) is 16.0 Å². The lowest BCUT2D eigenvalue weighted by Gasteiger charge is -2.26. The van der Waals surface area contributed by atoms with Crippen molar-refractivity contribution in [1.82, 2.24) is 10.2 Å². The van der Waals surface area contributed by atoms with E-state index in [2.05, 4.69) is 17.4 Å². The van der Waals surface area contributed by atoms with E-state index in [0.29, 0.717) is 12.8 Å². The number of fused-ring (bicyclic) bond motifs is 2. The summed E-state index contributed by atoms with van der Waals surface area (Å²) in [6.07, 6.45) is 8.43. The first-order chi connectivity index (χ1) is 12.6. The average Bonchev–Trinajstić information content (AvgIpc) is 2.91.